The highest BCUT2D eigenvalue weighted by Gasteiger charge is 2.11. The van der Waals surface area contributed by atoms with Crippen LogP contribution in [-0.4, -0.2) is 9.55 Å². The summed E-state index contributed by atoms with van der Waals surface area (Å²) in [5.74, 6) is 0.615. The third-order valence-electron chi connectivity index (χ3n) is 4.14. The van der Waals surface area contributed by atoms with Gasteiger partial charge in [-0.3, -0.25) is 9.36 Å². The zero-order chi connectivity index (χ0) is 18.1. The van der Waals surface area contributed by atoms with Gasteiger partial charge in [-0.1, -0.05) is 34.1 Å². The summed E-state index contributed by atoms with van der Waals surface area (Å²) in [4.78, 5) is 19.0. The van der Waals surface area contributed by atoms with Gasteiger partial charge in [-0.25, -0.2) is 4.98 Å². The molecule has 2 aromatic heterocycles. The smallest absolute Gasteiger partial charge is 0.266 e. The van der Waals surface area contributed by atoms with Crippen LogP contribution in [0.1, 0.15) is 16.3 Å². The molecule has 0 atom stereocenters. The Morgan fingerprint density at radius 1 is 1.08 bits per heavy atom. The minimum Gasteiger partial charge on any atom is -0.268 e. The van der Waals surface area contributed by atoms with Crippen molar-refractivity contribution in [2.24, 2.45) is 0 Å². The Morgan fingerprint density at radius 3 is 2.69 bits per heavy atom. The summed E-state index contributed by atoms with van der Waals surface area (Å²) in [6.07, 6.45) is 3.89. The number of aromatic nitrogens is 2. The number of hydrogen-bond acceptors (Lipinski definition) is 3. The molecule has 0 N–H and O–H groups in total. The lowest BCUT2D eigenvalue weighted by Crippen LogP contribution is -2.22. The summed E-state index contributed by atoms with van der Waals surface area (Å²) < 4.78 is 2.69. The van der Waals surface area contributed by atoms with Gasteiger partial charge in [-0.05, 0) is 66.4 Å². The lowest BCUT2D eigenvalue weighted by Gasteiger charge is -2.12. The molecule has 0 saturated heterocycles. The molecule has 0 bridgehead atoms. The van der Waals surface area contributed by atoms with Gasteiger partial charge in [0.25, 0.3) is 5.56 Å². The SMILES string of the molecule is Cc1cc(-n2c(/C=C/c3cccs3)nc3ccccc3c2=O)ccc1Br. The predicted molar refractivity (Wildman–Crippen MR) is 113 cm³/mol. The molecular weight excluding hydrogens is 408 g/mol. The van der Waals surface area contributed by atoms with Gasteiger partial charge in [-0.2, -0.15) is 0 Å². The van der Waals surface area contributed by atoms with Crippen molar-refractivity contribution in [2.75, 3.05) is 0 Å². The normalized spacial score (nSPS) is 11.5. The molecule has 2 heterocycles. The highest BCUT2D eigenvalue weighted by atomic mass is 79.9. The van der Waals surface area contributed by atoms with E-state index in [2.05, 4.69) is 15.9 Å². The Kier molecular flexibility index (Phi) is 4.57. The largest absolute Gasteiger partial charge is 0.268 e. The maximum absolute atomic E-state index is 13.2. The van der Waals surface area contributed by atoms with Crippen molar-refractivity contribution in [3.63, 3.8) is 0 Å². The number of para-hydroxylation sites is 1. The van der Waals surface area contributed by atoms with Gasteiger partial charge in [0.1, 0.15) is 5.82 Å². The van der Waals surface area contributed by atoms with E-state index in [1.54, 1.807) is 15.9 Å². The first-order valence-electron chi connectivity index (χ1n) is 8.13. The quantitative estimate of drug-likeness (QED) is 0.425. The molecule has 26 heavy (non-hydrogen) atoms. The molecule has 0 amide bonds. The van der Waals surface area contributed by atoms with Gasteiger partial charge in [0.2, 0.25) is 0 Å². The standard InChI is InChI=1S/C21H15BrN2OS/c1-14-13-15(8-10-18(14)22)24-20(11-9-16-5-4-12-26-16)23-19-7-3-2-6-17(19)21(24)25/h2-13H,1H3/b11-9+. The summed E-state index contributed by atoms with van der Waals surface area (Å²) in [7, 11) is 0. The summed E-state index contributed by atoms with van der Waals surface area (Å²) in [6.45, 7) is 2.01. The number of aryl methyl sites for hydroxylation is 1. The second-order valence-electron chi connectivity index (χ2n) is 5.91. The first-order chi connectivity index (χ1) is 12.6. The molecule has 4 rings (SSSR count). The van der Waals surface area contributed by atoms with Crippen molar-refractivity contribution in [2.45, 2.75) is 6.92 Å². The second kappa shape index (κ2) is 7.02. The number of fused-ring (bicyclic) bond motifs is 1. The molecule has 0 aliphatic rings. The summed E-state index contributed by atoms with van der Waals surface area (Å²) in [6, 6.07) is 17.4. The molecule has 2 aromatic carbocycles. The molecule has 5 heteroatoms. The van der Waals surface area contributed by atoms with Crippen molar-refractivity contribution in [1.29, 1.82) is 0 Å². The van der Waals surface area contributed by atoms with Crippen LogP contribution in [0.3, 0.4) is 0 Å². The third kappa shape index (κ3) is 3.16. The van der Waals surface area contributed by atoms with E-state index in [-0.39, 0.29) is 5.56 Å². The summed E-state index contributed by atoms with van der Waals surface area (Å²) in [5, 5.41) is 2.64. The van der Waals surface area contributed by atoms with Gasteiger partial charge in [0.15, 0.2) is 0 Å². The van der Waals surface area contributed by atoms with E-state index in [0.717, 1.165) is 20.6 Å². The summed E-state index contributed by atoms with van der Waals surface area (Å²) in [5.41, 5.74) is 2.51. The molecule has 0 saturated carbocycles. The Labute approximate surface area is 163 Å². The number of nitrogens with zero attached hydrogens (tertiary/aromatic N) is 2. The minimum absolute atomic E-state index is 0.0665. The van der Waals surface area contributed by atoms with E-state index in [1.165, 1.54) is 0 Å². The molecule has 128 valence electrons. The Bertz CT molecular complexity index is 1180. The van der Waals surface area contributed by atoms with Gasteiger partial charge in [0.05, 0.1) is 16.6 Å². The van der Waals surface area contributed by atoms with E-state index in [0.29, 0.717) is 16.7 Å². The number of rotatable bonds is 3. The van der Waals surface area contributed by atoms with Crippen molar-refractivity contribution >= 4 is 50.3 Å². The van der Waals surface area contributed by atoms with Crippen LogP contribution in [0.25, 0.3) is 28.7 Å². The van der Waals surface area contributed by atoms with Crippen molar-refractivity contribution in [3.05, 3.63) is 91.1 Å². The van der Waals surface area contributed by atoms with Crippen LogP contribution in [0, 0.1) is 6.92 Å². The third-order valence-corrected chi connectivity index (χ3v) is 5.87. The van der Waals surface area contributed by atoms with Crippen LogP contribution < -0.4 is 5.56 Å². The second-order valence-corrected chi connectivity index (χ2v) is 7.74. The average molecular weight is 423 g/mol. The highest BCUT2D eigenvalue weighted by molar-refractivity contribution is 9.10. The van der Waals surface area contributed by atoms with E-state index < -0.39 is 0 Å². The number of benzene rings is 2. The average Bonchev–Trinajstić information content (AvgIpc) is 3.16. The fourth-order valence-electron chi connectivity index (χ4n) is 2.82. The Balaban J connectivity index is 1.99. The van der Waals surface area contributed by atoms with Crippen LogP contribution in [0.5, 0.6) is 0 Å². The van der Waals surface area contributed by atoms with Crippen LogP contribution in [0.15, 0.2) is 69.2 Å². The van der Waals surface area contributed by atoms with Crippen molar-refractivity contribution in [1.82, 2.24) is 9.55 Å². The lowest BCUT2D eigenvalue weighted by molar-refractivity contribution is 0.941. The van der Waals surface area contributed by atoms with Crippen LogP contribution in [0.4, 0.5) is 0 Å². The molecule has 0 aliphatic carbocycles. The zero-order valence-electron chi connectivity index (χ0n) is 14.0. The molecule has 0 radical (unpaired) electrons. The van der Waals surface area contributed by atoms with Crippen LogP contribution in [0.2, 0.25) is 0 Å². The number of hydrogen-bond donors (Lipinski definition) is 0. The predicted octanol–water partition coefficient (Wildman–Crippen LogP) is 5.69. The fourth-order valence-corrected chi connectivity index (χ4v) is 3.69. The highest BCUT2D eigenvalue weighted by Crippen LogP contribution is 2.21. The molecule has 0 fully saturated rings. The van der Waals surface area contributed by atoms with Crippen LogP contribution >= 0.6 is 27.3 Å². The molecule has 0 aliphatic heterocycles. The molecule has 0 unspecified atom stereocenters. The maximum atomic E-state index is 13.2. The first-order valence-corrected chi connectivity index (χ1v) is 9.81. The Hall–Kier alpha value is -2.50. The van der Waals surface area contributed by atoms with E-state index in [1.807, 2.05) is 79.1 Å². The van der Waals surface area contributed by atoms with E-state index in [4.69, 9.17) is 4.98 Å². The van der Waals surface area contributed by atoms with Gasteiger partial charge in [0, 0.05) is 9.35 Å². The molecule has 3 nitrogen and oxygen atoms in total. The number of thiophene rings is 1. The lowest BCUT2D eigenvalue weighted by atomic mass is 10.2. The maximum Gasteiger partial charge on any atom is 0.266 e. The number of halogens is 1. The Morgan fingerprint density at radius 2 is 1.92 bits per heavy atom. The van der Waals surface area contributed by atoms with Gasteiger partial charge >= 0.3 is 0 Å². The van der Waals surface area contributed by atoms with Crippen molar-refractivity contribution < 1.29 is 0 Å². The summed E-state index contributed by atoms with van der Waals surface area (Å²) >= 11 is 5.17. The monoisotopic (exact) mass is 422 g/mol. The van der Waals surface area contributed by atoms with Crippen LogP contribution in [-0.2, 0) is 0 Å². The van der Waals surface area contributed by atoms with Gasteiger partial charge < -0.3 is 0 Å². The van der Waals surface area contributed by atoms with Gasteiger partial charge in [-0.15, -0.1) is 11.3 Å². The fraction of sp³-hybridized carbons (Fsp3) is 0.0476. The first kappa shape index (κ1) is 16.9. The van der Waals surface area contributed by atoms with Crippen molar-refractivity contribution in [3.8, 4) is 5.69 Å². The minimum atomic E-state index is -0.0665. The topological polar surface area (TPSA) is 34.9 Å². The molecule has 4 aromatic rings. The molecular formula is C21H15BrN2OS. The molecule has 0 spiro atoms. The van der Waals surface area contributed by atoms with E-state index >= 15 is 0 Å². The zero-order valence-corrected chi connectivity index (χ0v) is 16.4. The van der Waals surface area contributed by atoms with E-state index in [9.17, 15) is 4.79 Å².